The van der Waals surface area contributed by atoms with Gasteiger partial charge in [0.25, 0.3) is 0 Å². The Kier molecular flexibility index (Phi) is 7.70. The second-order valence-corrected chi connectivity index (χ2v) is 6.65. The Morgan fingerprint density at radius 2 is 2.08 bits per heavy atom. The zero-order valence-corrected chi connectivity index (χ0v) is 15.4. The summed E-state index contributed by atoms with van der Waals surface area (Å²) < 4.78 is 0. The molecule has 0 spiro atoms. The molecule has 1 aliphatic heterocycles. The molecule has 1 heterocycles. The Morgan fingerprint density at radius 1 is 1.38 bits per heavy atom. The van der Waals surface area contributed by atoms with Crippen molar-refractivity contribution in [3.8, 4) is 0 Å². The third-order valence-electron chi connectivity index (χ3n) is 4.41. The van der Waals surface area contributed by atoms with E-state index < -0.39 is 5.97 Å². The van der Waals surface area contributed by atoms with Crippen LogP contribution in [0, 0.1) is 12.8 Å². The minimum atomic E-state index is -0.767. The Balaban J connectivity index is 0.00000288. The molecule has 0 aromatic heterocycles. The van der Waals surface area contributed by atoms with Gasteiger partial charge in [0.05, 0.1) is 12.5 Å². The summed E-state index contributed by atoms with van der Waals surface area (Å²) in [4.78, 5) is 25.4. The average Bonchev–Trinajstić information content (AvgIpc) is 2.49. The number of piperidine rings is 1. The molecule has 1 aromatic carbocycles. The van der Waals surface area contributed by atoms with E-state index in [2.05, 4.69) is 19.2 Å². The van der Waals surface area contributed by atoms with Gasteiger partial charge in [-0.25, -0.2) is 0 Å². The average molecular weight is 355 g/mol. The first-order valence-corrected chi connectivity index (χ1v) is 8.23. The predicted octanol–water partition coefficient (Wildman–Crippen LogP) is 3.28. The fourth-order valence-electron chi connectivity index (χ4n) is 3.13. The lowest BCUT2D eigenvalue weighted by atomic mass is 9.97. The molecule has 1 fully saturated rings. The van der Waals surface area contributed by atoms with Gasteiger partial charge in [0.15, 0.2) is 0 Å². The number of nitrogens with zero attached hydrogens (tertiary/aromatic N) is 1. The topological polar surface area (TPSA) is 69.6 Å². The van der Waals surface area contributed by atoms with E-state index in [0.29, 0.717) is 18.9 Å². The van der Waals surface area contributed by atoms with Gasteiger partial charge in [-0.2, -0.15) is 0 Å². The van der Waals surface area contributed by atoms with Gasteiger partial charge in [-0.1, -0.05) is 32.0 Å². The standard InChI is InChI=1S/C18H26N2O3.ClH/c1-12(2)15-8-4-6-13(3)17(15)19-16(21)11-20-9-5-7-14(10-20)18(22)23;/h4,6,8,12,14H,5,7,9-11H2,1-3H3,(H,19,21)(H,22,23);1H. The maximum absolute atomic E-state index is 12.4. The van der Waals surface area contributed by atoms with E-state index in [1.165, 1.54) is 0 Å². The largest absolute Gasteiger partial charge is 0.481 e. The van der Waals surface area contributed by atoms with Gasteiger partial charge in [-0.15, -0.1) is 12.4 Å². The van der Waals surface area contributed by atoms with Crippen LogP contribution in [0.1, 0.15) is 43.7 Å². The highest BCUT2D eigenvalue weighted by atomic mass is 35.5. The summed E-state index contributed by atoms with van der Waals surface area (Å²) in [6.45, 7) is 7.67. The number of carboxylic acid groups (broad SMARTS) is 1. The molecule has 1 amide bonds. The van der Waals surface area contributed by atoms with Crippen molar-refractivity contribution in [2.24, 2.45) is 5.92 Å². The van der Waals surface area contributed by atoms with Crippen molar-refractivity contribution in [3.63, 3.8) is 0 Å². The molecule has 6 heteroatoms. The van der Waals surface area contributed by atoms with Crippen LogP contribution in [0.4, 0.5) is 5.69 Å². The van der Waals surface area contributed by atoms with Gasteiger partial charge >= 0.3 is 5.97 Å². The van der Waals surface area contributed by atoms with Crippen molar-refractivity contribution < 1.29 is 14.7 Å². The second-order valence-electron chi connectivity index (χ2n) is 6.65. The van der Waals surface area contributed by atoms with Crippen LogP contribution in [0.15, 0.2) is 18.2 Å². The lowest BCUT2D eigenvalue weighted by molar-refractivity contribution is -0.144. The summed E-state index contributed by atoms with van der Waals surface area (Å²) in [5.41, 5.74) is 3.06. The number of carbonyl (C=O) groups excluding carboxylic acids is 1. The van der Waals surface area contributed by atoms with Crippen LogP contribution in [-0.4, -0.2) is 41.5 Å². The molecule has 0 saturated carbocycles. The van der Waals surface area contributed by atoms with Crippen LogP contribution in [-0.2, 0) is 9.59 Å². The van der Waals surface area contributed by atoms with E-state index in [0.717, 1.165) is 29.8 Å². The lowest BCUT2D eigenvalue weighted by Crippen LogP contribution is -2.42. The highest BCUT2D eigenvalue weighted by molar-refractivity contribution is 5.94. The number of halogens is 1. The molecule has 1 aromatic rings. The van der Waals surface area contributed by atoms with Crippen LogP contribution in [0.25, 0.3) is 0 Å². The summed E-state index contributed by atoms with van der Waals surface area (Å²) >= 11 is 0. The molecule has 0 bridgehead atoms. The van der Waals surface area contributed by atoms with Crippen LogP contribution >= 0.6 is 12.4 Å². The second kappa shape index (κ2) is 9.04. The monoisotopic (exact) mass is 354 g/mol. The van der Waals surface area contributed by atoms with Crippen LogP contribution in [0.3, 0.4) is 0 Å². The SMILES string of the molecule is Cc1cccc(C(C)C)c1NC(=O)CN1CCCC(C(=O)O)C1.Cl. The normalized spacial score (nSPS) is 18.1. The van der Waals surface area contributed by atoms with Gasteiger partial charge in [0.1, 0.15) is 0 Å². The van der Waals surface area contributed by atoms with Crippen molar-refractivity contribution >= 4 is 30.0 Å². The van der Waals surface area contributed by atoms with Crippen molar-refractivity contribution in [3.05, 3.63) is 29.3 Å². The fraction of sp³-hybridized carbons (Fsp3) is 0.556. The number of aryl methyl sites for hydroxylation is 1. The lowest BCUT2D eigenvalue weighted by Gasteiger charge is -2.30. The van der Waals surface area contributed by atoms with Gasteiger partial charge in [0.2, 0.25) is 5.91 Å². The number of hydrogen-bond acceptors (Lipinski definition) is 3. The molecule has 0 aliphatic carbocycles. The van der Waals surface area contributed by atoms with Crippen LogP contribution in [0.2, 0.25) is 0 Å². The highest BCUT2D eigenvalue weighted by Crippen LogP contribution is 2.27. The maximum atomic E-state index is 12.4. The summed E-state index contributed by atoms with van der Waals surface area (Å²) in [6.07, 6.45) is 1.52. The first-order chi connectivity index (χ1) is 10.9. The minimum absolute atomic E-state index is 0. The number of aliphatic carboxylic acids is 1. The number of anilines is 1. The molecule has 1 saturated heterocycles. The van der Waals surface area contributed by atoms with Gasteiger partial charge in [-0.05, 0) is 43.4 Å². The number of carbonyl (C=O) groups is 2. The van der Waals surface area contributed by atoms with Crippen molar-refractivity contribution in [1.29, 1.82) is 0 Å². The van der Waals surface area contributed by atoms with E-state index in [1.54, 1.807) is 0 Å². The molecule has 1 atom stereocenters. The van der Waals surface area contributed by atoms with Crippen molar-refractivity contribution in [2.75, 3.05) is 25.0 Å². The molecule has 2 N–H and O–H groups in total. The smallest absolute Gasteiger partial charge is 0.307 e. The van der Waals surface area contributed by atoms with Gasteiger partial charge in [0, 0.05) is 12.2 Å². The zero-order valence-electron chi connectivity index (χ0n) is 14.5. The van der Waals surface area contributed by atoms with E-state index in [-0.39, 0.29) is 30.8 Å². The Hall–Kier alpha value is -1.59. The van der Waals surface area contributed by atoms with E-state index >= 15 is 0 Å². The van der Waals surface area contributed by atoms with Gasteiger partial charge < -0.3 is 10.4 Å². The molecule has 2 rings (SSSR count). The number of rotatable bonds is 5. The highest BCUT2D eigenvalue weighted by Gasteiger charge is 2.26. The molecule has 134 valence electrons. The fourth-order valence-corrected chi connectivity index (χ4v) is 3.13. The molecule has 1 aliphatic rings. The van der Waals surface area contributed by atoms with Crippen molar-refractivity contribution in [1.82, 2.24) is 4.90 Å². The van der Waals surface area contributed by atoms with Crippen molar-refractivity contribution in [2.45, 2.75) is 39.5 Å². The molecule has 0 radical (unpaired) electrons. The number of benzene rings is 1. The van der Waals surface area contributed by atoms with E-state index in [9.17, 15) is 9.59 Å². The molecule has 1 unspecified atom stereocenters. The first-order valence-electron chi connectivity index (χ1n) is 8.23. The van der Waals surface area contributed by atoms with Crippen LogP contribution < -0.4 is 5.32 Å². The number of likely N-dealkylation sites (tertiary alicyclic amines) is 1. The van der Waals surface area contributed by atoms with Crippen LogP contribution in [0.5, 0.6) is 0 Å². The quantitative estimate of drug-likeness (QED) is 0.851. The summed E-state index contributed by atoms with van der Waals surface area (Å²) in [5, 5.41) is 12.2. The molecule has 5 nitrogen and oxygen atoms in total. The maximum Gasteiger partial charge on any atom is 0.307 e. The molecule has 24 heavy (non-hydrogen) atoms. The Morgan fingerprint density at radius 3 is 2.71 bits per heavy atom. The van der Waals surface area contributed by atoms with E-state index in [1.807, 2.05) is 30.0 Å². The zero-order chi connectivity index (χ0) is 17.0. The summed E-state index contributed by atoms with van der Waals surface area (Å²) in [6, 6.07) is 6.03. The third kappa shape index (κ3) is 5.21. The molecular formula is C18H27ClN2O3. The number of amides is 1. The van der Waals surface area contributed by atoms with E-state index in [4.69, 9.17) is 5.11 Å². The molecular weight excluding hydrogens is 328 g/mol. The summed E-state index contributed by atoms with van der Waals surface area (Å²) in [5.74, 6) is -0.874. The number of para-hydroxylation sites is 1. The number of nitrogens with one attached hydrogen (secondary N) is 1. The first kappa shape index (κ1) is 20.5. The third-order valence-corrected chi connectivity index (χ3v) is 4.41. The number of carboxylic acids is 1. The minimum Gasteiger partial charge on any atom is -0.481 e. The summed E-state index contributed by atoms with van der Waals surface area (Å²) in [7, 11) is 0. The predicted molar refractivity (Wildman–Crippen MR) is 97.9 cm³/mol. The Labute approximate surface area is 149 Å². The Bertz CT molecular complexity index is 590. The number of hydrogen-bond donors (Lipinski definition) is 2. The van der Waals surface area contributed by atoms with Gasteiger partial charge in [-0.3, -0.25) is 14.5 Å².